The molecule has 0 unspecified atom stereocenters. The Hall–Kier alpha value is -1.63. The number of hydrogen-bond acceptors (Lipinski definition) is 5. The lowest BCUT2D eigenvalue weighted by atomic mass is 10.1. The molecule has 22 heavy (non-hydrogen) atoms. The molecule has 7 heteroatoms. The van der Waals surface area contributed by atoms with E-state index in [1.54, 1.807) is 6.07 Å². The number of rotatable bonds is 10. The number of carbonyl (C=O) groups is 1. The summed E-state index contributed by atoms with van der Waals surface area (Å²) in [6.45, 7) is 2.14. The molecule has 0 aliphatic carbocycles. The molecule has 0 aliphatic rings. The van der Waals surface area contributed by atoms with Crippen LogP contribution in [0.4, 0.5) is 5.69 Å². The van der Waals surface area contributed by atoms with Crippen molar-refractivity contribution in [3.63, 3.8) is 0 Å². The van der Waals surface area contributed by atoms with Gasteiger partial charge < -0.3 is 4.74 Å². The van der Waals surface area contributed by atoms with Gasteiger partial charge in [0.2, 0.25) is 10.0 Å². The predicted octanol–water partition coefficient (Wildman–Crippen LogP) is 2.97. The van der Waals surface area contributed by atoms with Crippen LogP contribution in [-0.4, -0.2) is 32.2 Å². The van der Waals surface area contributed by atoms with Gasteiger partial charge in [0.15, 0.2) is 5.69 Å². The summed E-state index contributed by atoms with van der Waals surface area (Å²) in [6.07, 6.45) is 7.44. The summed E-state index contributed by atoms with van der Waals surface area (Å²) >= 11 is 0. The van der Waals surface area contributed by atoms with E-state index >= 15 is 0 Å². The zero-order valence-corrected chi connectivity index (χ0v) is 14.0. The van der Waals surface area contributed by atoms with Crippen LogP contribution in [0.25, 0.3) is 0 Å². The minimum Gasteiger partial charge on any atom is -0.464 e. The Kier molecular flexibility index (Phi) is 7.87. The van der Waals surface area contributed by atoms with Gasteiger partial charge in [0.1, 0.15) is 0 Å². The molecular weight excluding hydrogens is 304 g/mol. The summed E-state index contributed by atoms with van der Waals surface area (Å²) in [6, 6.07) is 3.06. The monoisotopic (exact) mass is 328 g/mol. The van der Waals surface area contributed by atoms with Crippen molar-refractivity contribution >= 4 is 21.7 Å². The van der Waals surface area contributed by atoms with Crippen molar-refractivity contribution in [3.8, 4) is 0 Å². The van der Waals surface area contributed by atoms with E-state index in [1.165, 1.54) is 25.8 Å². The molecular formula is C15H24N2O4S. The number of aromatic nitrogens is 1. The van der Waals surface area contributed by atoms with Gasteiger partial charge >= 0.3 is 5.97 Å². The molecule has 1 N–H and O–H groups in total. The number of esters is 1. The quantitative estimate of drug-likeness (QED) is 0.527. The second-order valence-corrected chi connectivity index (χ2v) is 6.92. The zero-order chi connectivity index (χ0) is 16.4. The Bertz CT molecular complexity index is 573. The molecule has 1 aromatic heterocycles. The average Bonchev–Trinajstić information content (AvgIpc) is 2.50. The van der Waals surface area contributed by atoms with E-state index in [-0.39, 0.29) is 17.1 Å². The summed E-state index contributed by atoms with van der Waals surface area (Å²) in [5.41, 5.74) is 0.122. The first-order valence-electron chi connectivity index (χ1n) is 7.54. The molecule has 0 spiro atoms. The van der Waals surface area contributed by atoms with E-state index < -0.39 is 16.0 Å². The molecule has 124 valence electrons. The van der Waals surface area contributed by atoms with Crippen LogP contribution in [0, 0.1) is 0 Å². The number of carbonyl (C=O) groups excluding carboxylic acids is 1. The van der Waals surface area contributed by atoms with Crippen LogP contribution in [0.15, 0.2) is 18.3 Å². The normalized spacial score (nSPS) is 11.2. The first-order valence-corrected chi connectivity index (χ1v) is 9.19. The summed E-state index contributed by atoms with van der Waals surface area (Å²) in [7, 11) is -2.26. The lowest BCUT2D eigenvalue weighted by molar-refractivity contribution is 0.0595. The summed E-state index contributed by atoms with van der Waals surface area (Å²) < 4.78 is 31.1. The third kappa shape index (κ3) is 6.43. The van der Waals surface area contributed by atoms with Gasteiger partial charge in [-0.2, -0.15) is 0 Å². The lowest BCUT2D eigenvalue weighted by Crippen LogP contribution is -2.19. The van der Waals surface area contributed by atoms with Crippen LogP contribution < -0.4 is 4.72 Å². The van der Waals surface area contributed by atoms with Crippen LogP contribution in [0.3, 0.4) is 0 Å². The Morgan fingerprint density at radius 1 is 1.23 bits per heavy atom. The zero-order valence-electron chi connectivity index (χ0n) is 13.2. The standard InChI is InChI=1S/C15H24N2O4S/c1-3-4-5-6-7-8-12-22(19,20)17-13-10-9-11-16-14(13)15(18)21-2/h9-11,17H,3-8,12H2,1-2H3. The Labute approximate surface area is 132 Å². The summed E-state index contributed by atoms with van der Waals surface area (Å²) in [4.78, 5) is 15.4. The first-order chi connectivity index (χ1) is 10.5. The molecule has 0 aromatic carbocycles. The van der Waals surface area contributed by atoms with Gasteiger partial charge in [0.25, 0.3) is 0 Å². The minimum absolute atomic E-state index is 0.0310. The van der Waals surface area contributed by atoms with Crippen LogP contribution in [0.2, 0.25) is 0 Å². The molecule has 0 amide bonds. The maximum Gasteiger partial charge on any atom is 0.358 e. The van der Waals surface area contributed by atoms with E-state index in [0.717, 1.165) is 25.7 Å². The SMILES string of the molecule is CCCCCCCCS(=O)(=O)Nc1cccnc1C(=O)OC. The fraction of sp³-hybridized carbons (Fsp3) is 0.600. The molecule has 6 nitrogen and oxygen atoms in total. The Balaban J connectivity index is 2.56. The van der Waals surface area contributed by atoms with Crippen LogP contribution >= 0.6 is 0 Å². The average molecular weight is 328 g/mol. The highest BCUT2D eigenvalue weighted by molar-refractivity contribution is 7.92. The van der Waals surface area contributed by atoms with Crippen molar-refractivity contribution in [1.82, 2.24) is 4.98 Å². The minimum atomic E-state index is -3.49. The van der Waals surface area contributed by atoms with E-state index in [9.17, 15) is 13.2 Å². The molecule has 0 aliphatic heterocycles. The summed E-state index contributed by atoms with van der Waals surface area (Å²) in [5.74, 6) is -0.632. The molecule has 0 fully saturated rings. The number of pyridine rings is 1. The van der Waals surface area contributed by atoms with Crippen molar-refractivity contribution in [2.75, 3.05) is 17.6 Å². The number of hydrogen-bond donors (Lipinski definition) is 1. The van der Waals surface area contributed by atoms with Gasteiger partial charge in [0.05, 0.1) is 18.6 Å². The molecule has 0 saturated carbocycles. The number of nitrogens with one attached hydrogen (secondary N) is 1. The second kappa shape index (κ2) is 9.40. The van der Waals surface area contributed by atoms with E-state index in [4.69, 9.17) is 0 Å². The van der Waals surface area contributed by atoms with Gasteiger partial charge in [-0.3, -0.25) is 4.72 Å². The van der Waals surface area contributed by atoms with E-state index in [1.807, 2.05) is 0 Å². The highest BCUT2D eigenvalue weighted by Gasteiger charge is 2.17. The Morgan fingerprint density at radius 3 is 2.59 bits per heavy atom. The van der Waals surface area contributed by atoms with Gasteiger partial charge in [-0.15, -0.1) is 0 Å². The highest BCUT2D eigenvalue weighted by Crippen LogP contribution is 2.16. The van der Waals surface area contributed by atoms with Crippen molar-refractivity contribution in [2.24, 2.45) is 0 Å². The largest absolute Gasteiger partial charge is 0.464 e. The lowest BCUT2D eigenvalue weighted by Gasteiger charge is -2.10. The molecule has 0 saturated heterocycles. The molecule has 1 aromatic rings. The Morgan fingerprint density at radius 2 is 1.91 bits per heavy atom. The molecule has 0 bridgehead atoms. The van der Waals surface area contributed by atoms with Crippen molar-refractivity contribution in [1.29, 1.82) is 0 Å². The maximum absolute atomic E-state index is 12.1. The van der Waals surface area contributed by atoms with Gasteiger partial charge in [-0.25, -0.2) is 18.2 Å². The van der Waals surface area contributed by atoms with Crippen molar-refractivity contribution in [3.05, 3.63) is 24.0 Å². The third-order valence-corrected chi connectivity index (χ3v) is 4.58. The van der Waals surface area contributed by atoms with Crippen LogP contribution in [0.5, 0.6) is 0 Å². The summed E-state index contributed by atoms with van der Waals surface area (Å²) in [5, 5.41) is 0. The number of methoxy groups -OCH3 is 1. The number of nitrogens with zero attached hydrogens (tertiary/aromatic N) is 1. The van der Waals surface area contributed by atoms with Gasteiger partial charge in [-0.05, 0) is 18.6 Å². The van der Waals surface area contributed by atoms with Crippen molar-refractivity contribution in [2.45, 2.75) is 45.4 Å². The van der Waals surface area contributed by atoms with Gasteiger partial charge in [-0.1, -0.05) is 39.0 Å². The third-order valence-electron chi connectivity index (χ3n) is 3.22. The van der Waals surface area contributed by atoms with E-state index in [2.05, 4.69) is 21.4 Å². The topological polar surface area (TPSA) is 85.4 Å². The first kappa shape index (κ1) is 18.4. The number of anilines is 1. The fourth-order valence-corrected chi connectivity index (χ4v) is 3.22. The maximum atomic E-state index is 12.1. The smallest absolute Gasteiger partial charge is 0.358 e. The van der Waals surface area contributed by atoms with Gasteiger partial charge in [0, 0.05) is 6.20 Å². The number of sulfonamides is 1. The molecule has 1 heterocycles. The highest BCUT2D eigenvalue weighted by atomic mass is 32.2. The predicted molar refractivity (Wildman–Crippen MR) is 86.4 cm³/mol. The second-order valence-electron chi connectivity index (χ2n) is 5.08. The molecule has 0 atom stereocenters. The van der Waals surface area contributed by atoms with E-state index in [0.29, 0.717) is 6.42 Å². The number of ether oxygens (including phenoxy) is 1. The number of unbranched alkanes of at least 4 members (excludes halogenated alkanes) is 5. The molecule has 0 radical (unpaired) electrons. The van der Waals surface area contributed by atoms with Crippen LogP contribution in [-0.2, 0) is 14.8 Å². The van der Waals surface area contributed by atoms with Crippen molar-refractivity contribution < 1.29 is 17.9 Å². The fourth-order valence-electron chi connectivity index (χ4n) is 2.04. The van der Waals surface area contributed by atoms with Crippen LogP contribution in [0.1, 0.15) is 55.9 Å². The molecule has 1 rings (SSSR count).